The van der Waals surface area contributed by atoms with Crippen LogP contribution in [0.2, 0.25) is 0 Å². The molecule has 0 aliphatic carbocycles. The minimum Gasteiger partial charge on any atom is -0.378 e. The zero-order chi connectivity index (χ0) is 13.1. The Morgan fingerprint density at radius 3 is 2.50 bits per heavy atom. The van der Waals surface area contributed by atoms with E-state index in [9.17, 15) is 4.39 Å². The summed E-state index contributed by atoms with van der Waals surface area (Å²) in [5.41, 5.74) is 1.94. The Kier molecular flexibility index (Phi) is 4.61. The maximum absolute atomic E-state index is 13.2. The normalized spacial score (nSPS) is 12.2. The van der Waals surface area contributed by atoms with Gasteiger partial charge in [-0.05, 0) is 81.3 Å². The van der Waals surface area contributed by atoms with Crippen LogP contribution in [0.4, 0.5) is 10.1 Å². The SMILES string of the molecule is CC(Nc1cc(F)ccc1Br)c1ccc(I)cc1. The summed E-state index contributed by atoms with van der Waals surface area (Å²) in [7, 11) is 0. The third-order valence-electron chi connectivity index (χ3n) is 2.67. The van der Waals surface area contributed by atoms with E-state index in [1.54, 1.807) is 6.07 Å². The molecule has 4 heteroatoms. The minimum absolute atomic E-state index is 0.125. The molecule has 1 nitrogen and oxygen atoms in total. The van der Waals surface area contributed by atoms with Crippen LogP contribution < -0.4 is 5.32 Å². The van der Waals surface area contributed by atoms with Crippen LogP contribution in [0.3, 0.4) is 0 Å². The van der Waals surface area contributed by atoms with Crippen molar-refractivity contribution in [1.29, 1.82) is 0 Å². The van der Waals surface area contributed by atoms with E-state index in [4.69, 9.17) is 0 Å². The van der Waals surface area contributed by atoms with Crippen molar-refractivity contribution in [2.45, 2.75) is 13.0 Å². The van der Waals surface area contributed by atoms with Crippen LogP contribution in [0.15, 0.2) is 46.9 Å². The first-order chi connectivity index (χ1) is 8.56. The quantitative estimate of drug-likeness (QED) is 0.660. The third kappa shape index (κ3) is 3.45. The summed E-state index contributed by atoms with van der Waals surface area (Å²) in [5, 5.41) is 3.30. The largest absolute Gasteiger partial charge is 0.378 e. The van der Waals surface area contributed by atoms with Gasteiger partial charge in [0, 0.05) is 14.1 Å². The highest BCUT2D eigenvalue weighted by molar-refractivity contribution is 14.1. The summed E-state index contributed by atoms with van der Waals surface area (Å²) in [6.07, 6.45) is 0. The molecule has 94 valence electrons. The standard InChI is InChI=1S/C14H12BrFIN/c1-9(10-2-5-12(17)6-3-10)18-14-8-11(16)4-7-13(14)15/h2-9,18H,1H3. The summed E-state index contributed by atoms with van der Waals surface area (Å²) >= 11 is 5.69. The molecule has 0 saturated carbocycles. The number of hydrogen-bond donors (Lipinski definition) is 1. The topological polar surface area (TPSA) is 12.0 Å². The first-order valence-corrected chi connectivity index (χ1v) is 7.40. The second-order valence-electron chi connectivity index (χ2n) is 4.04. The molecule has 0 bridgehead atoms. The molecule has 0 saturated heterocycles. The molecule has 1 unspecified atom stereocenters. The highest BCUT2D eigenvalue weighted by atomic mass is 127. The third-order valence-corrected chi connectivity index (χ3v) is 4.08. The zero-order valence-corrected chi connectivity index (χ0v) is 13.5. The van der Waals surface area contributed by atoms with Crippen molar-refractivity contribution in [3.8, 4) is 0 Å². The predicted molar refractivity (Wildman–Crippen MR) is 85.3 cm³/mol. The van der Waals surface area contributed by atoms with Gasteiger partial charge in [0.1, 0.15) is 5.82 Å². The van der Waals surface area contributed by atoms with Crippen LogP contribution in [-0.4, -0.2) is 0 Å². The Morgan fingerprint density at radius 2 is 1.83 bits per heavy atom. The minimum atomic E-state index is -0.240. The van der Waals surface area contributed by atoms with Crippen molar-refractivity contribution in [3.63, 3.8) is 0 Å². The molecule has 2 aromatic carbocycles. The number of halogens is 3. The van der Waals surface area contributed by atoms with Gasteiger partial charge in [-0.2, -0.15) is 0 Å². The molecule has 0 aliphatic heterocycles. The van der Waals surface area contributed by atoms with Gasteiger partial charge >= 0.3 is 0 Å². The van der Waals surface area contributed by atoms with Crippen LogP contribution in [0, 0.1) is 9.39 Å². The lowest BCUT2D eigenvalue weighted by atomic mass is 10.1. The monoisotopic (exact) mass is 419 g/mol. The fraction of sp³-hybridized carbons (Fsp3) is 0.143. The molecule has 0 spiro atoms. The zero-order valence-electron chi connectivity index (χ0n) is 9.75. The lowest BCUT2D eigenvalue weighted by Crippen LogP contribution is -2.07. The van der Waals surface area contributed by atoms with E-state index in [0.29, 0.717) is 0 Å². The van der Waals surface area contributed by atoms with Crippen molar-refractivity contribution in [1.82, 2.24) is 0 Å². The molecule has 0 aliphatic rings. The van der Waals surface area contributed by atoms with Crippen LogP contribution in [0.25, 0.3) is 0 Å². The van der Waals surface area contributed by atoms with E-state index >= 15 is 0 Å². The van der Waals surface area contributed by atoms with Gasteiger partial charge in [-0.3, -0.25) is 0 Å². The van der Waals surface area contributed by atoms with Crippen LogP contribution >= 0.6 is 38.5 Å². The Hall–Kier alpha value is -0.620. The number of nitrogens with one attached hydrogen (secondary N) is 1. The summed E-state index contributed by atoms with van der Waals surface area (Å²) in [6.45, 7) is 2.06. The molecule has 0 fully saturated rings. The second kappa shape index (κ2) is 6.02. The summed E-state index contributed by atoms with van der Waals surface area (Å²) in [5.74, 6) is -0.240. The average molecular weight is 420 g/mol. The second-order valence-corrected chi connectivity index (χ2v) is 6.14. The molecule has 18 heavy (non-hydrogen) atoms. The maximum Gasteiger partial charge on any atom is 0.125 e. The lowest BCUT2D eigenvalue weighted by molar-refractivity contribution is 0.627. The van der Waals surface area contributed by atoms with E-state index in [1.807, 2.05) is 0 Å². The molecule has 0 amide bonds. The van der Waals surface area contributed by atoms with Crippen molar-refractivity contribution >= 4 is 44.2 Å². The molecular weight excluding hydrogens is 408 g/mol. The van der Waals surface area contributed by atoms with Crippen LogP contribution in [-0.2, 0) is 0 Å². The van der Waals surface area contributed by atoms with E-state index in [0.717, 1.165) is 10.2 Å². The van der Waals surface area contributed by atoms with E-state index in [2.05, 4.69) is 75.0 Å². The Bertz CT molecular complexity index is 542. The summed E-state index contributed by atoms with van der Waals surface area (Å²) < 4.78 is 15.3. The molecular formula is C14H12BrFIN. The number of rotatable bonds is 3. The van der Waals surface area contributed by atoms with Crippen LogP contribution in [0.1, 0.15) is 18.5 Å². The number of benzene rings is 2. The van der Waals surface area contributed by atoms with E-state index < -0.39 is 0 Å². The lowest BCUT2D eigenvalue weighted by Gasteiger charge is -2.17. The van der Waals surface area contributed by atoms with Gasteiger partial charge in [-0.1, -0.05) is 12.1 Å². The molecule has 0 aromatic heterocycles. The average Bonchev–Trinajstić information content (AvgIpc) is 2.34. The fourth-order valence-corrected chi connectivity index (χ4v) is 2.40. The number of anilines is 1. The van der Waals surface area contributed by atoms with Gasteiger partial charge in [0.25, 0.3) is 0 Å². The van der Waals surface area contributed by atoms with Gasteiger partial charge < -0.3 is 5.32 Å². The Labute approximate surface area is 128 Å². The summed E-state index contributed by atoms with van der Waals surface area (Å²) in [4.78, 5) is 0. The highest BCUT2D eigenvalue weighted by Gasteiger charge is 2.08. The highest BCUT2D eigenvalue weighted by Crippen LogP contribution is 2.27. The van der Waals surface area contributed by atoms with Gasteiger partial charge in [0.05, 0.1) is 5.69 Å². The number of hydrogen-bond acceptors (Lipinski definition) is 1. The Morgan fingerprint density at radius 1 is 1.17 bits per heavy atom. The van der Waals surface area contributed by atoms with Crippen molar-refractivity contribution in [2.24, 2.45) is 0 Å². The van der Waals surface area contributed by atoms with E-state index in [-0.39, 0.29) is 11.9 Å². The van der Waals surface area contributed by atoms with Crippen molar-refractivity contribution in [3.05, 3.63) is 61.9 Å². The molecule has 1 atom stereocenters. The first kappa shape index (κ1) is 13.8. The fourth-order valence-electron chi connectivity index (χ4n) is 1.68. The molecule has 2 aromatic rings. The van der Waals surface area contributed by atoms with Gasteiger partial charge in [-0.15, -0.1) is 0 Å². The maximum atomic E-state index is 13.2. The van der Waals surface area contributed by atoms with Gasteiger partial charge in [0.2, 0.25) is 0 Å². The van der Waals surface area contributed by atoms with E-state index in [1.165, 1.54) is 21.3 Å². The molecule has 0 radical (unpaired) electrons. The first-order valence-electron chi connectivity index (χ1n) is 5.53. The smallest absolute Gasteiger partial charge is 0.125 e. The molecule has 2 rings (SSSR count). The Balaban J connectivity index is 2.18. The van der Waals surface area contributed by atoms with Gasteiger partial charge in [0.15, 0.2) is 0 Å². The van der Waals surface area contributed by atoms with Crippen LogP contribution in [0.5, 0.6) is 0 Å². The van der Waals surface area contributed by atoms with Crippen molar-refractivity contribution in [2.75, 3.05) is 5.32 Å². The molecule has 1 N–H and O–H groups in total. The molecule has 0 heterocycles. The van der Waals surface area contributed by atoms with Gasteiger partial charge in [-0.25, -0.2) is 4.39 Å². The summed E-state index contributed by atoms with van der Waals surface area (Å²) in [6, 6.07) is 13.0. The predicted octanol–water partition coefficient (Wildman–Crippen LogP) is 5.37. The van der Waals surface area contributed by atoms with Crippen molar-refractivity contribution < 1.29 is 4.39 Å².